The van der Waals surface area contributed by atoms with E-state index < -0.39 is 0 Å². The molecular weight excluding hydrogens is 352 g/mol. The molecule has 3 rings (SSSR count). The van der Waals surface area contributed by atoms with E-state index in [4.69, 9.17) is 4.74 Å². The summed E-state index contributed by atoms with van der Waals surface area (Å²) in [5, 5.41) is 0. The van der Waals surface area contributed by atoms with Crippen molar-refractivity contribution in [2.24, 2.45) is 0 Å². The van der Waals surface area contributed by atoms with Crippen LogP contribution in [0.4, 0.5) is 0 Å². The fourth-order valence-electron chi connectivity index (χ4n) is 3.39. The Morgan fingerprint density at radius 2 is 1.39 bits per heavy atom. The van der Waals surface area contributed by atoms with Crippen molar-refractivity contribution in [3.8, 4) is 5.75 Å². The number of carbonyl (C=O) groups is 2. The van der Waals surface area contributed by atoms with Crippen LogP contribution in [0.3, 0.4) is 0 Å². The highest BCUT2D eigenvalue weighted by molar-refractivity contribution is 5.79. The molecule has 5 nitrogen and oxygen atoms in total. The largest absolute Gasteiger partial charge is 0.494 e. The Morgan fingerprint density at radius 3 is 2.07 bits per heavy atom. The first-order chi connectivity index (χ1) is 13.7. The summed E-state index contributed by atoms with van der Waals surface area (Å²) in [6.45, 7) is 3.18. The van der Waals surface area contributed by atoms with E-state index in [0.29, 0.717) is 52.0 Å². The summed E-state index contributed by atoms with van der Waals surface area (Å²) in [5.74, 6) is 1.11. The van der Waals surface area contributed by atoms with Crippen LogP contribution in [0.2, 0.25) is 0 Å². The minimum atomic E-state index is 0.136. The Balaban J connectivity index is 1.39. The first-order valence-electron chi connectivity index (χ1n) is 10.00. The first-order valence-corrected chi connectivity index (χ1v) is 10.00. The average molecular weight is 380 g/mol. The standard InChI is InChI=1S/C23H28N2O3/c26-22(13-7-18-28-21-11-5-2-6-12-21)24-14-8-15-25(17-16-24)23(27)19-20-9-3-1-4-10-20/h1-6,9-12H,7-8,13-19H2. The third kappa shape index (κ3) is 6.12. The molecule has 1 saturated heterocycles. The highest BCUT2D eigenvalue weighted by Crippen LogP contribution is 2.11. The Labute approximate surface area is 166 Å². The van der Waals surface area contributed by atoms with E-state index in [1.165, 1.54) is 0 Å². The predicted molar refractivity (Wildman–Crippen MR) is 109 cm³/mol. The number of ether oxygens (including phenoxy) is 1. The number of para-hydroxylation sites is 1. The van der Waals surface area contributed by atoms with Crippen molar-refractivity contribution in [3.05, 3.63) is 66.2 Å². The average Bonchev–Trinajstić information content (AvgIpc) is 2.99. The lowest BCUT2D eigenvalue weighted by Crippen LogP contribution is -2.38. The van der Waals surface area contributed by atoms with Crippen LogP contribution in [0.15, 0.2) is 60.7 Å². The minimum Gasteiger partial charge on any atom is -0.494 e. The third-order valence-electron chi connectivity index (χ3n) is 4.95. The molecule has 0 N–H and O–H groups in total. The van der Waals surface area contributed by atoms with Crippen molar-refractivity contribution < 1.29 is 14.3 Å². The van der Waals surface area contributed by atoms with Gasteiger partial charge in [-0.2, -0.15) is 0 Å². The minimum absolute atomic E-state index is 0.136. The van der Waals surface area contributed by atoms with Gasteiger partial charge in [0.05, 0.1) is 13.0 Å². The normalized spacial score (nSPS) is 14.4. The van der Waals surface area contributed by atoms with Crippen LogP contribution in [0.5, 0.6) is 5.75 Å². The van der Waals surface area contributed by atoms with Crippen molar-refractivity contribution >= 4 is 11.8 Å². The van der Waals surface area contributed by atoms with Gasteiger partial charge in [-0.25, -0.2) is 0 Å². The molecule has 0 aromatic heterocycles. The van der Waals surface area contributed by atoms with Gasteiger partial charge < -0.3 is 14.5 Å². The molecule has 0 spiro atoms. The topological polar surface area (TPSA) is 49.9 Å². The molecule has 0 atom stereocenters. The van der Waals surface area contributed by atoms with Crippen molar-refractivity contribution in [2.45, 2.75) is 25.7 Å². The van der Waals surface area contributed by atoms with E-state index >= 15 is 0 Å². The molecule has 0 radical (unpaired) electrons. The fourth-order valence-corrected chi connectivity index (χ4v) is 3.39. The van der Waals surface area contributed by atoms with Crippen molar-refractivity contribution in [1.82, 2.24) is 9.80 Å². The summed E-state index contributed by atoms with van der Waals surface area (Å²) >= 11 is 0. The molecule has 148 valence electrons. The van der Waals surface area contributed by atoms with Crippen molar-refractivity contribution in [1.29, 1.82) is 0 Å². The molecule has 0 bridgehead atoms. The highest BCUT2D eigenvalue weighted by Gasteiger charge is 2.21. The zero-order valence-electron chi connectivity index (χ0n) is 16.3. The number of hydrogen-bond acceptors (Lipinski definition) is 3. The second-order valence-electron chi connectivity index (χ2n) is 7.04. The van der Waals surface area contributed by atoms with Gasteiger partial charge in [0.15, 0.2) is 0 Å². The van der Waals surface area contributed by atoms with Crippen LogP contribution in [-0.2, 0) is 16.0 Å². The number of hydrogen-bond donors (Lipinski definition) is 0. The van der Waals surface area contributed by atoms with Crippen LogP contribution < -0.4 is 4.74 Å². The summed E-state index contributed by atoms with van der Waals surface area (Å²) in [6.07, 6.45) is 2.42. The Morgan fingerprint density at radius 1 is 0.786 bits per heavy atom. The van der Waals surface area contributed by atoms with E-state index in [2.05, 4.69) is 0 Å². The quantitative estimate of drug-likeness (QED) is 0.694. The Kier molecular flexibility index (Phi) is 7.47. The first kappa shape index (κ1) is 19.9. The Bertz CT molecular complexity index is 749. The molecule has 0 aliphatic carbocycles. The summed E-state index contributed by atoms with van der Waals surface area (Å²) < 4.78 is 5.65. The van der Waals surface area contributed by atoms with E-state index in [1.807, 2.05) is 70.5 Å². The highest BCUT2D eigenvalue weighted by atomic mass is 16.5. The van der Waals surface area contributed by atoms with Crippen molar-refractivity contribution in [2.75, 3.05) is 32.8 Å². The van der Waals surface area contributed by atoms with Gasteiger partial charge in [0.1, 0.15) is 5.75 Å². The van der Waals surface area contributed by atoms with Gasteiger partial charge in [-0.05, 0) is 30.5 Å². The lowest BCUT2D eigenvalue weighted by Gasteiger charge is -2.22. The number of nitrogens with zero attached hydrogens (tertiary/aromatic N) is 2. The maximum absolute atomic E-state index is 12.5. The predicted octanol–water partition coefficient (Wildman–Crippen LogP) is 3.15. The summed E-state index contributed by atoms with van der Waals surface area (Å²) in [6, 6.07) is 19.4. The van der Waals surface area contributed by atoms with Crippen LogP contribution in [0.1, 0.15) is 24.8 Å². The molecule has 28 heavy (non-hydrogen) atoms. The molecule has 5 heteroatoms. The second-order valence-corrected chi connectivity index (χ2v) is 7.04. The summed E-state index contributed by atoms with van der Waals surface area (Å²) in [7, 11) is 0. The lowest BCUT2D eigenvalue weighted by molar-refractivity contribution is -0.133. The molecule has 0 saturated carbocycles. The molecule has 1 aliphatic heterocycles. The molecule has 2 amide bonds. The van der Waals surface area contributed by atoms with E-state index in [9.17, 15) is 9.59 Å². The van der Waals surface area contributed by atoms with E-state index in [-0.39, 0.29) is 11.8 Å². The number of amides is 2. The molecule has 0 unspecified atom stereocenters. The Hall–Kier alpha value is -2.82. The number of carbonyl (C=O) groups excluding carboxylic acids is 2. The maximum Gasteiger partial charge on any atom is 0.227 e. The van der Waals surface area contributed by atoms with Gasteiger partial charge in [0.25, 0.3) is 0 Å². The molecule has 1 aliphatic rings. The van der Waals surface area contributed by atoms with Gasteiger partial charge in [0, 0.05) is 32.6 Å². The van der Waals surface area contributed by atoms with Gasteiger partial charge in [-0.3, -0.25) is 9.59 Å². The van der Waals surface area contributed by atoms with Crippen LogP contribution in [-0.4, -0.2) is 54.4 Å². The molecule has 1 fully saturated rings. The van der Waals surface area contributed by atoms with Gasteiger partial charge >= 0.3 is 0 Å². The van der Waals surface area contributed by atoms with Gasteiger partial charge in [-0.15, -0.1) is 0 Å². The third-order valence-corrected chi connectivity index (χ3v) is 4.95. The fraction of sp³-hybridized carbons (Fsp3) is 0.391. The molecular formula is C23H28N2O3. The monoisotopic (exact) mass is 380 g/mol. The van der Waals surface area contributed by atoms with E-state index in [0.717, 1.165) is 17.7 Å². The molecule has 1 heterocycles. The van der Waals surface area contributed by atoms with Crippen molar-refractivity contribution in [3.63, 3.8) is 0 Å². The SMILES string of the molecule is O=C(CCCOc1ccccc1)N1CCCN(C(=O)Cc2ccccc2)CC1. The number of benzene rings is 2. The number of rotatable bonds is 7. The lowest BCUT2D eigenvalue weighted by atomic mass is 10.1. The van der Waals surface area contributed by atoms with Gasteiger partial charge in [0.2, 0.25) is 11.8 Å². The zero-order valence-corrected chi connectivity index (χ0v) is 16.3. The van der Waals surface area contributed by atoms with Gasteiger partial charge in [-0.1, -0.05) is 48.5 Å². The zero-order chi connectivity index (χ0) is 19.6. The second kappa shape index (κ2) is 10.5. The van der Waals surface area contributed by atoms with E-state index in [1.54, 1.807) is 0 Å². The maximum atomic E-state index is 12.5. The summed E-state index contributed by atoms with van der Waals surface area (Å²) in [5.41, 5.74) is 1.03. The smallest absolute Gasteiger partial charge is 0.227 e. The molecule has 2 aromatic carbocycles. The summed E-state index contributed by atoms with van der Waals surface area (Å²) in [4.78, 5) is 28.8. The van der Waals surface area contributed by atoms with Crippen LogP contribution >= 0.6 is 0 Å². The van der Waals surface area contributed by atoms with Crippen LogP contribution in [0.25, 0.3) is 0 Å². The molecule has 2 aromatic rings. The van der Waals surface area contributed by atoms with Crippen LogP contribution in [0, 0.1) is 0 Å².